The molecule has 0 aromatic carbocycles. The summed E-state index contributed by atoms with van der Waals surface area (Å²) in [4.78, 5) is 8.09. The molecular weight excluding hydrogens is 214 g/mol. The van der Waals surface area contributed by atoms with Gasteiger partial charge in [-0.15, -0.1) is 0 Å². The number of nitrogens with zero attached hydrogens (tertiary/aromatic N) is 4. The van der Waals surface area contributed by atoms with E-state index in [0.29, 0.717) is 0 Å². The molecule has 0 saturated carbocycles. The molecule has 17 heavy (non-hydrogen) atoms. The molecular formula is C12H17N5. The van der Waals surface area contributed by atoms with Crippen molar-refractivity contribution in [2.24, 2.45) is 0 Å². The minimum absolute atomic E-state index is 0.0989. The molecule has 0 fully saturated rings. The highest BCUT2D eigenvalue weighted by atomic mass is 15.3. The molecule has 0 aliphatic heterocycles. The average Bonchev–Trinajstić information content (AvgIpc) is 2.81. The number of aryl methyl sites for hydroxylation is 1. The predicted molar refractivity (Wildman–Crippen MR) is 65.5 cm³/mol. The molecule has 2 aromatic heterocycles. The lowest BCUT2D eigenvalue weighted by molar-refractivity contribution is 0.600. The summed E-state index contributed by atoms with van der Waals surface area (Å²) in [7, 11) is 1.93. The molecule has 0 radical (unpaired) electrons. The molecule has 2 aromatic rings. The SMILES string of the molecule is CCCn1cc(C(NC)c2cncnc2)cn1. The topological polar surface area (TPSA) is 55.6 Å². The molecule has 2 rings (SSSR count). The molecule has 1 N–H and O–H groups in total. The van der Waals surface area contributed by atoms with Gasteiger partial charge in [0.15, 0.2) is 0 Å². The van der Waals surface area contributed by atoms with Crippen LogP contribution in [0.4, 0.5) is 0 Å². The molecule has 90 valence electrons. The fraction of sp³-hybridized carbons (Fsp3) is 0.417. The van der Waals surface area contributed by atoms with Gasteiger partial charge < -0.3 is 5.32 Å². The zero-order chi connectivity index (χ0) is 12.1. The average molecular weight is 231 g/mol. The minimum atomic E-state index is 0.0989. The summed E-state index contributed by atoms with van der Waals surface area (Å²) in [6.45, 7) is 3.09. The highest BCUT2D eigenvalue weighted by Gasteiger charge is 2.14. The lowest BCUT2D eigenvalue weighted by Gasteiger charge is -2.13. The number of hydrogen-bond donors (Lipinski definition) is 1. The van der Waals surface area contributed by atoms with Gasteiger partial charge in [-0.1, -0.05) is 6.92 Å². The van der Waals surface area contributed by atoms with Crippen molar-refractivity contribution in [3.8, 4) is 0 Å². The smallest absolute Gasteiger partial charge is 0.115 e. The molecule has 0 bridgehead atoms. The molecule has 1 atom stereocenters. The van der Waals surface area contributed by atoms with Crippen molar-refractivity contribution in [1.29, 1.82) is 0 Å². The van der Waals surface area contributed by atoms with Gasteiger partial charge in [-0.2, -0.15) is 5.10 Å². The summed E-state index contributed by atoms with van der Waals surface area (Å²) in [6, 6.07) is 0.0989. The molecule has 0 amide bonds. The maximum absolute atomic E-state index is 4.34. The maximum atomic E-state index is 4.34. The molecule has 5 nitrogen and oxygen atoms in total. The van der Waals surface area contributed by atoms with Crippen molar-refractivity contribution >= 4 is 0 Å². The summed E-state index contributed by atoms with van der Waals surface area (Å²) in [5, 5.41) is 7.59. The van der Waals surface area contributed by atoms with Gasteiger partial charge in [0.1, 0.15) is 6.33 Å². The molecule has 0 spiro atoms. The Morgan fingerprint density at radius 1 is 1.24 bits per heavy atom. The van der Waals surface area contributed by atoms with Crippen molar-refractivity contribution < 1.29 is 0 Å². The van der Waals surface area contributed by atoms with Crippen LogP contribution in [0.1, 0.15) is 30.5 Å². The van der Waals surface area contributed by atoms with Gasteiger partial charge in [0, 0.05) is 36.3 Å². The van der Waals surface area contributed by atoms with Gasteiger partial charge in [0.2, 0.25) is 0 Å². The van der Waals surface area contributed by atoms with Crippen LogP contribution < -0.4 is 5.32 Å². The third kappa shape index (κ3) is 2.68. The van der Waals surface area contributed by atoms with Crippen molar-refractivity contribution in [2.75, 3.05) is 7.05 Å². The second-order valence-corrected chi connectivity index (χ2v) is 3.93. The first kappa shape index (κ1) is 11.7. The van der Waals surface area contributed by atoms with Crippen molar-refractivity contribution in [3.63, 3.8) is 0 Å². The van der Waals surface area contributed by atoms with Gasteiger partial charge in [0.05, 0.1) is 12.2 Å². The molecule has 0 saturated heterocycles. The predicted octanol–water partition coefficient (Wildman–Crippen LogP) is 1.39. The second kappa shape index (κ2) is 5.54. The maximum Gasteiger partial charge on any atom is 0.115 e. The molecule has 1 unspecified atom stereocenters. The molecule has 0 aliphatic carbocycles. The Bertz CT molecular complexity index is 451. The van der Waals surface area contributed by atoms with Crippen molar-refractivity contribution in [1.82, 2.24) is 25.1 Å². The van der Waals surface area contributed by atoms with E-state index in [1.165, 1.54) is 6.33 Å². The Hall–Kier alpha value is -1.75. The first-order chi connectivity index (χ1) is 8.35. The first-order valence-electron chi connectivity index (χ1n) is 5.79. The Balaban J connectivity index is 2.23. The number of rotatable bonds is 5. The van der Waals surface area contributed by atoms with Crippen LogP contribution in [0, 0.1) is 0 Å². The largest absolute Gasteiger partial charge is 0.309 e. The normalized spacial score (nSPS) is 12.6. The van der Waals surface area contributed by atoms with Gasteiger partial charge in [-0.25, -0.2) is 9.97 Å². The van der Waals surface area contributed by atoms with E-state index in [1.54, 1.807) is 0 Å². The van der Waals surface area contributed by atoms with Crippen LogP contribution in [0.2, 0.25) is 0 Å². The second-order valence-electron chi connectivity index (χ2n) is 3.93. The van der Waals surface area contributed by atoms with Gasteiger partial charge >= 0.3 is 0 Å². The van der Waals surface area contributed by atoms with E-state index >= 15 is 0 Å². The van der Waals surface area contributed by atoms with Crippen LogP contribution in [0.3, 0.4) is 0 Å². The zero-order valence-electron chi connectivity index (χ0n) is 10.2. The third-order valence-corrected chi connectivity index (χ3v) is 2.64. The van der Waals surface area contributed by atoms with Crippen LogP contribution in [-0.4, -0.2) is 26.8 Å². The third-order valence-electron chi connectivity index (χ3n) is 2.64. The van der Waals surface area contributed by atoms with Crippen LogP contribution in [0.25, 0.3) is 0 Å². The van der Waals surface area contributed by atoms with Crippen molar-refractivity contribution in [3.05, 3.63) is 42.2 Å². The summed E-state index contributed by atoms with van der Waals surface area (Å²) in [5.74, 6) is 0. The Labute approximate surface area is 101 Å². The number of nitrogens with one attached hydrogen (secondary N) is 1. The summed E-state index contributed by atoms with van der Waals surface area (Å²) < 4.78 is 1.96. The minimum Gasteiger partial charge on any atom is -0.309 e. The highest BCUT2D eigenvalue weighted by Crippen LogP contribution is 2.19. The Kier molecular flexibility index (Phi) is 3.82. The molecule has 0 aliphatic rings. The Morgan fingerprint density at radius 3 is 2.65 bits per heavy atom. The van der Waals surface area contributed by atoms with Crippen LogP contribution in [0.5, 0.6) is 0 Å². The van der Waals surface area contributed by atoms with E-state index in [4.69, 9.17) is 0 Å². The summed E-state index contributed by atoms with van der Waals surface area (Å²) in [5.41, 5.74) is 2.18. The van der Waals surface area contributed by atoms with E-state index < -0.39 is 0 Å². The summed E-state index contributed by atoms with van der Waals surface area (Å²) >= 11 is 0. The van der Waals surface area contributed by atoms with E-state index in [1.807, 2.05) is 30.3 Å². The van der Waals surface area contributed by atoms with E-state index in [9.17, 15) is 0 Å². The Morgan fingerprint density at radius 2 is 2.00 bits per heavy atom. The van der Waals surface area contributed by atoms with Gasteiger partial charge in [0.25, 0.3) is 0 Å². The quantitative estimate of drug-likeness (QED) is 0.845. The molecule has 2 heterocycles. The van der Waals surface area contributed by atoms with E-state index in [0.717, 1.165) is 24.1 Å². The van der Waals surface area contributed by atoms with Gasteiger partial charge in [-0.05, 0) is 13.5 Å². The zero-order valence-corrected chi connectivity index (χ0v) is 10.2. The summed E-state index contributed by atoms with van der Waals surface area (Å²) in [6.07, 6.45) is 10.2. The highest BCUT2D eigenvalue weighted by molar-refractivity contribution is 5.24. The monoisotopic (exact) mass is 231 g/mol. The van der Waals surface area contributed by atoms with Gasteiger partial charge in [-0.3, -0.25) is 4.68 Å². The van der Waals surface area contributed by atoms with Crippen LogP contribution in [0.15, 0.2) is 31.1 Å². The first-order valence-corrected chi connectivity index (χ1v) is 5.79. The standard InChI is InChI=1S/C12H17N5/c1-3-4-17-8-11(7-16-17)12(13-2)10-5-14-9-15-6-10/h5-9,12-13H,3-4H2,1-2H3. The lowest BCUT2D eigenvalue weighted by atomic mass is 10.1. The van der Waals surface area contributed by atoms with Crippen LogP contribution in [-0.2, 0) is 6.54 Å². The fourth-order valence-corrected chi connectivity index (χ4v) is 1.87. The number of hydrogen-bond acceptors (Lipinski definition) is 4. The van der Waals surface area contributed by atoms with E-state index in [2.05, 4.69) is 33.5 Å². The van der Waals surface area contributed by atoms with Crippen LogP contribution >= 0.6 is 0 Å². The lowest BCUT2D eigenvalue weighted by Crippen LogP contribution is -2.17. The van der Waals surface area contributed by atoms with Crippen molar-refractivity contribution in [2.45, 2.75) is 25.9 Å². The van der Waals surface area contributed by atoms with E-state index in [-0.39, 0.29) is 6.04 Å². The number of aromatic nitrogens is 4. The fourth-order valence-electron chi connectivity index (χ4n) is 1.87. The molecule has 5 heteroatoms.